The first-order valence-corrected chi connectivity index (χ1v) is 6.81. The molecule has 0 bridgehead atoms. The van der Waals surface area contributed by atoms with E-state index in [1.165, 1.54) is 16.7 Å². The molecule has 0 amide bonds. The van der Waals surface area contributed by atoms with Crippen LogP contribution in [0.4, 0.5) is 0 Å². The number of benzene rings is 2. The minimum Gasteiger partial charge on any atom is -0.0764 e. The van der Waals surface area contributed by atoms with Crippen LogP contribution in [0.1, 0.15) is 24.0 Å². The molecular formula is C19H18. The monoisotopic (exact) mass is 246 g/mol. The lowest BCUT2D eigenvalue weighted by atomic mass is 9.79. The molecule has 0 nitrogen and oxygen atoms in total. The van der Waals surface area contributed by atoms with E-state index in [1.54, 1.807) is 0 Å². The fraction of sp³-hybridized carbons (Fsp3) is 0.158. The topological polar surface area (TPSA) is 0 Å². The van der Waals surface area contributed by atoms with Crippen LogP contribution in [0.15, 0.2) is 84.5 Å². The van der Waals surface area contributed by atoms with E-state index in [2.05, 4.69) is 85.8 Å². The Hall–Kier alpha value is -2.08. The van der Waals surface area contributed by atoms with Crippen LogP contribution in [0.5, 0.6) is 0 Å². The maximum Gasteiger partial charge on any atom is 0.0190 e. The Morgan fingerprint density at radius 1 is 0.789 bits per heavy atom. The van der Waals surface area contributed by atoms with Gasteiger partial charge in [0.1, 0.15) is 0 Å². The van der Waals surface area contributed by atoms with Gasteiger partial charge in [-0.15, -0.1) is 0 Å². The highest BCUT2D eigenvalue weighted by Gasteiger charge is 2.25. The molecule has 0 radical (unpaired) electrons. The van der Waals surface area contributed by atoms with Gasteiger partial charge in [-0.25, -0.2) is 0 Å². The van der Waals surface area contributed by atoms with Gasteiger partial charge in [-0.1, -0.05) is 84.5 Å². The van der Waals surface area contributed by atoms with Crippen LogP contribution >= 0.6 is 0 Å². The molecule has 1 aliphatic rings. The molecule has 94 valence electrons. The normalized spacial score (nSPS) is 17.8. The Labute approximate surface area is 115 Å². The highest BCUT2D eigenvalue weighted by Crippen LogP contribution is 2.38. The van der Waals surface area contributed by atoms with Crippen molar-refractivity contribution >= 4 is 0 Å². The van der Waals surface area contributed by atoms with Crippen LogP contribution in [0, 0.1) is 5.92 Å². The second kappa shape index (κ2) is 5.27. The van der Waals surface area contributed by atoms with Gasteiger partial charge in [0.05, 0.1) is 0 Å². The summed E-state index contributed by atoms with van der Waals surface area (Å²) in [6.07, 6.45) is 6.72. The van der Waals surface area contributed by atoms with E-state index in [9.17, 15) is 0 Å². The molecule has 19 heavy (non-hydrogen) atoms. The summed E-state index contributed by atoms with van der Waals surface area (Å²) in [5, 5.41) is 0. The van der Waals surface area contributed by atoms with Crippen molar-refractivity contribution in [3.63, 3.8) is 0 Å². The van der Waals surface area contributed by atoms with Crippen LogP contribution in [0.2, 0.25) is 0 Å². The molecule has 0 heteroatoms. The van der Waals surface area contributed by atoms with Crippen molar-refractivity contribution in [1.82, 2.24) is 0 Å². The summed E-state index contributed by atoms with van der Waals surface area (Å²) < 4.78 is 0. The van der Waals surface area contributed by atoms with Crippen molar-refractivity contribution in [2.24, 2.45) is 5.92 Å². The minimum atomic E-state index is 0.414. The van der Waals surface area contributed by atoms with E-state index in [-0.39, 0.29) is 0 Å². The Balaban J connectivity index is 2.07. The predicted molar refractivity (Wildman–Crippen MR) is 81.1 cm³/mol. The SMILES string of the molecule is CC1=CC=CC1C(c1ccccc1)c1ccccc1. The number of rotatable bonds is 3. The van der Waals surface area contributed by atoms with E-state index in [0.717, 1.165) is 0 Å². The lowest BCUT2D eigenvalue weighted by molar-refractivity contribution is 0.659. The first kappa shape index (κ1) is 12.0. The fourth-order valence-corrected chi connectivity index (χ4v) is 2.89. The molecular weight excluding hydrogens is 228 g/mol. The van der Waals surface area contributed by atoms with E-state index < -0.39 is 0 Å². The molecule has 2 aromatic carbocycles. The van der Waals surface area contributed by atoms with Gasteiger partial charge < -0.3 is 0 Å². The van der Waals surface area contributed by atoms with Crippen molar-refractivity contribution in [3.8, 4) is 0 Å². The van der Waals surface area contributed by atoms with Gasteiger partial charge in [0.25, 0.3) is 0 Å². The first-order valence-electron chi connectivity index (χ1n) is 6.81. The molecule has 0 saturated heterocycles. The summed E-state index contributed by atoms with van der Waals surface area (Å²) in [4.78, 5) is 0. The van der Waals surface area contributed by atoms with Gasteiger partial charge in [-0.05, 0) is 18.1 Å². The second-order valence-corrected chi connectivity index (χ2v) is 5.12. The number of hydrogen-bond donors (Lipinski definition) is 0. The third-order valence-electron chi connectivity index (χ3n) is 3.88. The molecule has 0 spiro atoms. The van der Waals surface area contributed by atoms with Crippen molar-refractivity contribution in [1.29, 1.82) is 0 Å². The standard InChI is InChI=1S/C19H18/c1-15-9-8-14-18(15)19(16-10-4-2-5-11-16)17-12-6-3-7-13-17/h2-14,18-19H,1H3. The largest absolute Gasteiger partial charge is 0.0764 e. The summed E-state index contributed by atoms with van der Waals surface area (Å²) in [6.45, 7) is 2.23. The molecule has 0 aliphatic heterocycles. The smallest absolute Gasteiger partial charge is 0.0190 e. The molecule has 1 aliphatic carbocycles. The zero-order chi connectivity index (χ0) is 13.1. The molecule has 0 saturated carbocycles. The molecule has 1 unspecified atom stereocenters. The fourth-order valence-electron chi connectivity index (χ4n) is 2.89. The zero-order valence-corrected chi connectivity index (χ0v) is 11.2. The van der Waals surface area contributed by atoms with E-state index in [1.807, 2.05) is 0 Å². The highest BCUT2D eigenvalue weighted by molar-refractivity contribution is 5.40. The molecule has 2 aromatic rings. The molecule has 0 N–H and O–H groups in total. The second-order valence-electron chi connectivity index (χ2n) is 5.12. The molecule has 0 aromatic heterocycles. The minimum absolute atomic E-state index is 0.414. The Morgan fingerprint density at radius 2 is 1.32 bits per heavy atom. The predicted octanol–water partition coefficient (Wildman–Crippen LogP) is 4.95. The van der Waals surface area contributed by atoms with Crippen molar-refractivity contribution in [3.05, 3.63) is 95.6 Å². The van der Waals surface area contributed by atoms with Crippen molar-refractivity contribution in [2.45, 2.75) is 12.8 Å². The van der Waals surface area contributed by atoms with Gasteiger partial charge in [0.2, 0.25) is 0 Å². The average molecular weight is 246 g/mol. The van der Waals surface area contributed by atoms with Gasteiger partial charge in [-0.3, -0.25) is 0 Å². The van der Waals surface area contributed by atoms with Crippen LogP contribution < -0.4 is 0 Å². The summed E-state index contributed by atoms with van der Waals surface area (Å²) in [7, 11) is 0. The van der Waals surface area contributed by atoms with E-state index in [4.69, 9.17) is 0 Å². The molecule has 1 atom stereocenters. The number of allylic oxidation sites excluding steroid dienone is 4. The highest BCUT2D eigenvalue weighted by atomic mass is 14.3. The molecule has 3 rings (SSSR count). The zero-order valence-electron chi connectivity index (χ0n) is 11.2. The summed E-state index contributed by atoms with van der Waals surface area (Å²) >= 11 is 0. The quantitative estimate of drug-likeness (QED) is 0.718. The third-order valence-corrected chi connectivity index (χ3v) is 3.88. The van der Waals surface area contributed by atoms with Crippen LogP contribution in [-0.2, 0) is 0 Å². The van der Waals surface area contributed by atoms with Crippen molar-refractivity contribution < 1.29 is 0 Å². The van der Waals surface area contributed by atoms with Gasteiger partial charge >= 0.3 is 0 Å². The van der Waals surface area contributed by atoms with Crippen molar-refractivity contribution in [2.75, 3.05) is 0 Å². The van der Waals surface area contributed by atoms with Gasteiger partial charge in [0.15, 0.2) is 0 Å². The maximum atomic E-state index is 2.32. The summed E-state index contributed by atoms with van der Waals surface area (Å²) in [5.41, 5.74) is 4.22. The first-order chi connectivity index (χ1) is 9.36. The third kappa shape index (κ3) is 2.39. The van der Waals surface area contributed by atoms with E-state index >= 15 is 0 Å². The average Bonchev–Trinajstić information content (AvgIpc) is 2.88. The van der Waals surface area contributed by atoms with Crippen LogP contribution in [0.25, 0.3) is 0 Å². The Kier molecular flexibility index (Phi) is 3.33. The Morgan fingerprint density at radius 3 is 1.74 bits per heavy atom. The Bertz CT molecular complexity index is 551. The van der Waals surface area contributed by atoms with E-state index in [0.29, 0.717) is 11.8 Å². The van der Waals surface area contributed by atoms with Gasteiger partial charge in [-0.2, -0.15) is 0 Å². The lowest BCUT2D eigenvalue weighted by Crippen LogP contribution is -2.12. The van der Waals surface area contributed by atoms with Gasteiger partial charge in [0, 0.05) is 11.8 Å². The lowest BCUT2D eigenvalue weighted by Gasteiger charge is -2.25. The van der Waals surface area contributed by atoms with Crippen LogP contribution in [0.3, 0.4) is 0 Å². The van der Waals surface area contributed by atoms with Crippen LogP contribution in [-0.4, -0.2) is 0 Å². The molecule has 0 fully saturated rings. The maximum absolute atomic E-state index is 2.32. The number of hydrogen-bond acceptors (Lipinski definition) is 0. The molecule has 0 heterocycles. The summed E-state index contributed by atoms with van der Waals surface area (Å²) in [5.74, 6) is 0.891. The summed E-state index contributed by atoms with van der Waals surface area (Å²) in [6, 6.07) is 21.6.